The molecule has 0 saturated carbocycles. The number of anilines is 1. The standard InChI is InChI=1S/C26H26N2O5/c1-15-10-16(2)24-20(11-15)28-23(33-24)12-17-6-8-19(9-7-17)27-26(29)18-13-21(30-3)25(32-5)22(14-18)31-4/h6-11,13-14H,12H2,1-5H3,(H,27,29). The van der Waals surface area contributed by atoms with Crippen LogP contribution in [0.25, 0.3) is 11.1 Å². The van der Waals surface area contributed by atoms with Gasteiger partial charge >= 0.3 is 0 Å². The lowest BCUT2D eigenvalue weighted by Crippen LogP contribution is -2.12. The number of ether oxygens (including phenoxy) is 3. The molecule has 0 radical (unpaired) electrons. The number of aryl methyl sites for hydroxylation is 2. The van der Waals surface area contributed by atoms with Crippen molar-refractivity contribution < 1.29 is 23.4 Å². The van der Waals surface area contributed by atoms with Crippen molar-refractivity contribution in [1.82, 2.24) is 4.98 Å². The van der Waals surface area contributed by atoms with Crippen molar-refractivity contribution in [2.24, 2.45) is 0 Å². The summed E-state index contributed by atoms with van der Waals surface area (Å²) < 4.78 is 21.9. The lowest BCUT2D eigenvalue weighted by atomic mass is 10.1. The van der Waals surface area contributed by atoms with Gasteiger partial charge in [0.2, 0.25) is 5.75 Å². The predicted octanol–water partition coefficient (Wildman–Crippen LogP) is 5.31. The van der Waals surface area contributed by atoms with Gasteiger partial charge in [0.05, 0.1) is 21.3 Å². The summed E-state index contributed by atoms with van der Waals surface area (Å²) in [4.78, 5) is 17.4. The number of oxazole rings is 1. The van der Waals surface area contributed by atoms with E-state index in [0.717, 1.165) is 27.8 Å². The zero-order valence-corrected chi connectivity index (χ0v) is 19.3. The lowest BCUT2D eigenvalue weighted by molar-refractivity contribution is 0.102. The van der Waals surface area contributed by atoms with E-state index in [9.17, 15) is 4.79 Å². The smallest absolute Gasteiger partial charge is 0.255 e. The third-order valence-electron chi connectivity index (χ3n) is 5.36. The Morgan fingerprint density at radius 1 is 0.939 bits per heavy atom. The van der Waals surface area contributed by atoms with E-state index in [1.165, 1.54) is 21.3 Å². The first-order valence-electron chi connectivity index (χ1n) is 10.5. The van der Waals surface area contributed by atoms with Crippen LogP contribution >= 0.6 is 0 Å². The van der Waals surface area contributed by atoms with E-state index >= 15 is 0 Å². The number of hydrogen-bond donors (Lipinski definition) is 1. The number of benzene rings is 3. The normalized spacial score (nSPS) is 10.8. The maximum absolute atomic E-state index is 12.8. The maximum atomic E-state index is 12.8. The molecule has 7 nitrogen and oxygen atoms in total. The number of carbonyl (C=O) groups is 1. The first kappa shape index (κ1) is 22.2. The van der Waals surface area contributed by atoms with Gasteiger partial charge in [-0.25, -0.2) is 4.98 Å². The Bertz CT molecular complexity index is 1280. The van der Waals surface area contributed by atoms with Crippen molar-refractivity contribution in [3.8, 4) is 17.2 Å². The summed E-state index contributed by atoms with van der Waals surface area (Å²) in [5, 5.41) is 2.89. The van der Waals surface area contributed by atoms with Crippen molar-refractivity contribution >= 4 is 22.7 Å². The molecule has 170 valence electrons. The molecule has 0 aliphatic rings. The zero-order valence-electron chi connectivity index (χ0n) is 19.3. The minimum absolute atomic E-state index is 0.285. The Hall–Kier alpha value is -4.00. The molecule has 1 heterocycles. The van der Waals surface area contributed by atoms with Crippen LogP contribution in [0.4, 0.5) is 5.69 Å². The Morgan fingerprint density at radius 3 is 2.21 bits per heavy atom. The number of methoxy groups -OCH3 is 3. The molecular formula is C26H26N2O5. The van der Waals surface area contributed by atoms with Crippen LogP contribution in [0, 0.1) is 13.8 Å². The molecule has 0 fully saturated rings. The molecule has 4 aromatic rings. The van der Waals surface area contributed by atoms with Gasteiger partial charge in [-0.05, 0) is 60.9 Å². The highest BCUT2D eigenvalue weighted by Crippen LogP contribution is 2.38. The van der Waals surface area contributed by atoms with Crippen molar-refractivity contribution in [1.29, 1.82) is 0 Å². The number of nitrogens with zero attached hydrogens (tertiary/aromatic N) is 1. The van der Waals surface area contributed by atoms with Gasteiger partial charge in [-0.1, -0.05) is 18.2 Å². The molecule has 1 N–H and O–H groups in total. The molecule has 1 amide bonds. The second-order valence-electron chi connectivity index (χ2n) is 7.78. The summed E-state index contributed by atoms with van der Waals surface area (Å²) in [6, 6.07) is 14.9. The third-order valence-corrected chi connectivity index (χ3v) is 5.36. The largest absolute Gasteiger partial charge is 0.493 e. The Morgan fingerprint density at radius 2 is 1.61 bits per heavy atom. The van der Waals surface area contributed by atoms with Gasteiger partial charge in [-0.3, -0.25) is 4.79 Å². The highest BCUT2D eigenvalue weighted by Gasteiger charge is 2.17. The average Bonchev–Trinajstić information content (AvgIpc) is 3.21. The van der Waals surface area contributed by atoms with E-state index in [2.05, 4.69) is 16.4 Å². The number of rotatable bonds is 7. The zero-order chi connectivity index (χ0) is 23.5. The molecule has 0 aliphatic heterocycles. The number of aromatic nitrogens is 1. The first-order valence-corrected chi connectivity index (χ1v) is 10.5. The van der Waals surface area contributed by atoms with Crippen LogP contribution in [0.5, 0.6) is 17.2 Å². The third kappa shape index (κ3) is 4.62. The summed E-state index contributed by atoms with van der Waals surface area (Å²) in [5.74, 6) is 1.65. The number of carbonyl (C=O) groups excluding carboxylic acids is 1. The maximum Gasteiger partial charge on any atom is 0.255 e. The summed E-state index contributed by atoms with van der Waals surface area (Å²) in [5.41, 5.74) is 6.02. The van der Waals surface area contributed by atoms with Crippen LogP contribution in [-0.2, 0) is 6.42 Å². The molecule has 33 heavy (non-hydrogen) atoms. The molecule has 1 aromatic heterocycles. The van der Waals surface area contributed by atoms with Crippen LogP contribution in [0.1, 0.15) is 32.9 Å². The number of amides is 1. The van der Waals surface area contributed by atoms with Crippen molar-refractivity contribution in [3.63, 3.8) is 0 Å². The highest BCUT2D eigenvalue weighted by atomic mass is 16.5. The van der Waals surface area contributed by atoms with Crippen LogP contribution in [0.3, 0.4) is 0 Å². The minimum Gasteiger partial charge on any atom is -0.493 e. The van der Waals surface area contributed by atoms with Gasteiger partial charge in [0, 0.05) is 17.7 Å². The fourth-order valence-corrected chi connectivity index (χ4v) is 3.79. The molecule has 7 heteroatoms. The van der Waals surface area contributed by atoms with Gasteiger partial charge < -0.3 is 23.9 Å². The average molecular weight is 447 g/mol. The number of fused-ring (bicyclic) bond motifs is 1. The molecule has 0 unspecified atom stereocenters. The van der Waals surface area contributed by atoms with Crippen molar-refractivity contribution in [3.05, 3.63) is 76.7 Å². The van der Waals surface area contributed by atoms with E-state index < -0.39 is 0 Å². The molecular weight excluding hydrogens is 420 g/mol. The van der Waals surface area contributed by atoms with E-state index in [0.29, 0.717) is 40.8 Å². The van der Waals surface area contributed by atoms with E-state index in [-0.39, 0.29) is 5.91 Å². The minimum atomic E-state index is -0.285. The van der Waals surface area contributed by atoms with Gasteiger partial charge in [0.1, 0.15) is 5.52 Å². The molecule has 4 rings (SSSR count). The molecule has 0 saturated heterocycles. The van der Waals surface area contributed by atoms with Gasteiger partial charge in [0.25, 0.3) is 5.91 Å². The van der Waals surface area contributed by atoms with E-state index in [1.807, 2.05) is 44.2 Å². The number of nitrogens with one attached hydrogen (secondary N) is 1. The van der Waals surface area contributed by atoms with E-state index in [1.54, 1.807) is 12.1 Å². The van der Waals surface area contributed by atoms with Gasteiger partial charge in [-0.2, -0.15) is 0 Å². The van der Waals surface area contributed by atoms with Crippen LogP contribution < -0.4 is 19.5 Å². The fourth-order valence-electron chi connectivity index (χ4n) is 3.79. The summed E-state index contributed by atoms with van der Waals surface area (Å²) in [7, 11) is 4.54. The number of hydrogen-bond acceptors (Lipinski definition) is 6. The SMILES string of the molecule is COc1cc(C(=O)Nc2ccc(Cc3nc4cc(C)cc(C)c4o3)cc2)cc(OC)c1OC. The summed E-state index contributed by atoms with van der Waals surface area (Å²) in [6.45, 7) is 4.07. The predicted molar refractivity (Wildman–Crippen MR) is 127 cm³/mol. The van der Waals surface area contributed by atoms with E-state index in [4.69, 9.17) is 18.6 Å². The molecule has 0 aliphatic carbocycles. The highest BCUT2D eigenvalue weighted by molar-refractivity contribution is 6.05. The summed E-state index contributed by atoms with van der Waals surface area (Å²) in [6.07, 6.45) is 0.564. The Kier molecular flexibility index (Phi) is 6.22. The Labute approximate surface area is 192 Å². The summed E-state index contributed by atoms with van der Waals surface area (Å²) >= 11 is 0. The lowest BCUT2D eigenvalue weighted by Gasteiger charge is -2.14. The quantitative estimate of drug-likeness (QED) is 0.414. The first-order chi connectivity index (χ1) is 15.9. The van der Waals surface area contributed by atoms with Crippen molar-refractivity contribution in [2.75, 3.05) is 26.6 Å². The molecule has 0 bridgehead atoms. The van der Waals surface area contributed by atoms with Gasteiger partial charge in [-0.15, -0.1) is 0 Å². The fraction of sp³-hybridized carbons (Fsp3) is 0.231. The van der Waals surface area contributed by atoms with Crippen LogP contribution in [0.15, 0.2) is 52.9 Å². The monoisotopic (exact) mass is 446 g/mol. The Balaban J connectivity index is 1.49. The van der Waals surface area contributed by atoms with Crippen LogP contribution in [0.2, 0.25) is 0 Å². The molecule has 0 atom stereocenters. The van der Waals surface area contributed by atoms with Crippen molar-refractivity contribution in [2.45, 2.75) is 20.3 Å². The second-order valence-corrected chi connectivity index (χ2v) is 7.78. The van der Waals surface area contributed by atoms with Gasteiger partial charge in [0.15, 0.2) is 23.0 Å². The van der Waals surface area contributed by atoms with Crippen LogP contribution in [-0.4, -0.2) is 32.2 Å². The molecule has 0 spiro atoms. The molecule has 3 aromatic carbocycles. The topological polar surface area (TPSA) is 82.8 Å². The second kappa shape index (κ2) is 9.24.